The van der Waals surface area contributed by atoms with Gasteiger partial charge in [0.05, 0.1) is 13.2 Å². The van der Waals surface area contributed by atoms with Crippen molar-refractivity contribution >= 4 is 5.84 Å². The van der Waals surface area contributed by atoms with Gasteiger partial charge in [-0.15, -0.1) is 0 Å². The summed E-state index contributed by atoms with van der Waals surface area (Å²) in [5, 5.41) is 8.55. The molecule has 0 amide bonds. The summed E-state index contributed by atoms with van der Waals surface area (Å²) < 4.78 is 13.1. The maximum Gasteiger partial charge on any atom is 0.201 e. The minimum absolute atomic E-state index is 0.0219. The lowest BCUT2D eigenvalue weighted by atomic mass is 9.93. The number of fused-ring (bicyclic) bond motifs is 1. The maximum absolute atomic E-state index is 6.14. The third kappa shape index (κ3) is 3.51. The van der Waals surface area contributed by atoms with Gasteiger partial charge < -0.3 is 14.3 Å². The molecule has 1 unspecified atom stereocenters. The molecular weight excluding hydrogens is 320 g/mol. The number of oxime groups is 1. The first-order valence-electron chi connectivity index (χ1n) is 8.60. The van der Waals surface area contributed by atoms with Crippen LogP contribution >= 0.6 is 0 Å². The van der Waals surface area contributed by atoms with E-state index in [2.05, 4.69) is 35.2 Å². The molecule has 1 fully saturated rings. The fourth-order valence-electron chi connectivity index (χ4n) is 3.04. The van der Waals surface area contributed by atoms with Crippen LogP contribution in [0.3, 0.4) is 0 Å². The Morgan fingerprint density at radius 1 is 1.40 bits per heavy atom. The first-order chi connectivity index (χ1) is 12.1. The fraction of sp³-hybridized carbons (Fsp3) is 0.500. The highest BCUT2D eigenvalue weighted by Gasteiger charge is 2.27. The monoisotopic (exact) mass is 342 g/mol. The Bertz CT molecular complexity index is 765. The van der Waals surface area contributed by atoms with Gasteiger partial charge in [-0.05, 0) is 38.3 Å². The molecule has 7 nitrogen and oxygen atoms in total. The molecule has 2 aromatic rings. The van der Waals surface area contributed by atoms with Gasteiger partial charge in [-0.25, -0.2) is 4.98 Å². The van der Waals surface area contributed by atoms with E-state index >= 15 is 0 Å². The van der Waals surface area contributed by atoms with Crippen LogP contribution in [-0.2, 0) is 16.0 Å². The number of aryl methyl sites for hydroxylation is 1. The summed E-state index contributed by atoms with van der Waals surface area (Å²) in [5.74, 6) is 1.48. The number of rotatable bonds is 3. The lowest BCUT2D eigenvalue weighted by Crippen LogP contribution is -2.32. The molecule has 0 saturated carbocycles. The third-order valence-corrected chi connectivity index (χ3v) is 4.52. The van der Waals surface area contributed by atoms with Crippen molar-refractivity contribution in [1.82, 2.24) is 14.8 Å². The van der Waals surface area contributed by atoms with E-state index in [1.165, 1.54) is 11.9 Å². The lowest BCUT2D eigenvalue weighted by Gasteiger charge is -2.32. The standard InChI is InChI=1S/C18H22N4O3/c1-18(2)7-5-13-3-4-14(9-16(13)24-18)17(22-12-19-11-20-22)21-25-15-6-8-23-10-15/h3-4,9,11-12,15H,5-8,10H2,1-2H3/b21-17-. The molecule has 0 radical (unpaired) electrons. The molecule has 132 valence electrons. The van der Waals surface area contributed by atoms with Crippen LogP contribution in [0.1, 0.15) is 37.8 Å². The largest absolute Gasteiger partial charge is 0.488 e. The van der Waals surface area contributed by atoms with E-state index in [4.69, 9.17) is 14.3 Å². The number of nitrogens with zero attached hydrogens (tertiary/aromatic N) is 4. The van der Waals surface area contributed by atoms with Crippen molar-refractivity contribution in [2.75, 3.05) is 13.2 Å². The first kappa shape index (κ1) is 16.1. The van der Waals surface area contributed by atoms with Crippen LogP contribution in [0.25, 0.3) is 0 Å². The molecule has 4 rings (SSSR count). The van der Waals surface area contributed by atoms with Crippen molar-refractivity contribution in [3.8, 4) is 5.75 Å². The van der Waals surface area contributed by atoms with Crippen LogP contribution in [0.2, 0.25) is 0 Å². The number of ether oxygens (including phenoxy) is 2. The second kappa shape index (κ2) is 6.48. The van der Waals surface area contributed by atoms with Crippen LogP contribution in [-0.4, -0.2) is 45.5 Å². The van der Waals surface area contributed by atoms with E-state index in [-0.39, 0.29) is 11.7 Å². The second-order valence-electron chi connectivity index (χ2n) is 7.03. The van der Waals surface area contributed by atoms with E-state index in [1.807, 2.05) is 12.1 Å². The number of benzene rings is 1. The van der Waals surface area contributed by atoms with Crippen molar-refractivity contribution in [3.05, 3.63) is 42.0 Å². The zero-order valence-corrected chi connectivity index (χ0v) is 14.5. The molecule has 0 spiro atoms. The van der Waals surface area contributed by atoms with Gasteiger partial charge in [-0.2, -0.15) is 9.78 Å². The molecule has 1 aromatic heterocycles. The van der Waals surface area contributed by atoms with Crippen molar-refractivity contribution < 1.29 is 14.3 Å². The van der Waals surface area contributed by atoms with Crippen molar-refractivity contribution in [3.63, 3.8) is 0 Å². The fourth-order valence-corrected chi connectivity index (χ4v) is 3.04. The quantitative estimate of drug-likeness (QED) is 0.487. The van der Waals surface area contributed by atoms with E-state index < -0.39 is 0 Å². The highest BCUT2D eigenvalue weighted by Crippen LogP contribution is 2.33. The van der Waals surface area contributed by atoms with Gasteiger partial charge in [0.15, 0.2) is 6.10 Å². The van der Waals surface area contributed by atoms with Crippen LogP contribution in [0.4, 0.5) is 0 Å². The van der Waals surface area contributed by atoms with E-state index in [0.29, 0.717) is 19.0 Å². The molecule has 25 heavy (non-hydrogen) atoms. The topological polar surface area (TPSA) is 70.8 Å². The minimum Gasteiger partial charge on any atom is -0.488 e. The number of hydrogen-bond donors (Lipinski definition) is 0. The molecular formula is C18H22N4O3. The summed E-state index contributed by atoms with van der Waals surface area (Å²) >= 11 is 0. The summed E-state index contributed by atoms with van der Waals surface area (Å²) in [6.07, 6.45) is 5.92. The Hall–Kier alpha value is -2.41. The zero-order chi connectivity index (χ0) is 17.3. The Labute approximate surface area is 146 Å². The summed E-state index contributed by atoms with van der Waals surface area (Å²) in [5.41, 5.74) is 1.93. The lowest BCUT2D eigenvalue weighted by molar-refractivity contribution is 0.0468. The smallest absolute Gasteiger partial charge is 0.201 e. The first-order valence-corrected chi connectivity index (χ1v) is 8.60. The number of aromatic nitrogens is 3. The average molecular weight is 342 g/mol. The third-order valence-electron chi connectivity index (χ3n) is 4.52. The molecule has 0 N–H and O–H groups in total. The molecule has 2 aliphatic rings. The molecule has 0 aliphatic carbocycles. The van der Waals surface area contributed by atoms with Gasteiger partial charge >= 0.3 is 0 Å². The minimum atomic E-state index is -0.159. The predicted octanol–water partition coefficient (Wildman–Crippen LogP) is 2.40. The van der Waals surface area contributed by atoms with Gasteiger partial charge in [0.2, 0.25) is 5.84 Å². The van der Waals surface area contributed by atoms with Crippen molar-refractivity contribution in [2.45, 2.75) is 44.8 Å². The van der Waals surface area contributed by atoms with Gasteiger partial charge in [-0.3, -0.25) is 0 Å². The van der Waals surface area contributed by atoms with Crippen molar-refractivity contribution in [1.29, 1.82) is 0 Å². The second-order valence-corrected chi connectivity index (χ2v) is 7.03. The van der Waals surface area contributed by atoms with E-state index in [9.17, 15) is 0 Å². The van der Waals surface area contributed by atoms with Gasteiger partial charge in [-0.1, -0.05) is 17.3 Å². The Balaban J connectivity index is 1.66. The molecule has 1 saturated heterocycles. The number of hydrogen-bond acceptors (Lipinski definition) is 6. The Morgan fingerprint density at radius 2 is 2.32 bits per heavy atom. The summed E-state index contributed by atoms with van der Waals surface area (Å²) in [6, 6.07) is 6.12. The van der Waals surface area contributed by atoms with Crippen LogP contribution < -0.4 is 4.74 Å². The average Bonchev–Trinajstić information content (AvgIpc) is 3.27. The summed E-state index contributed by atoms with van der Waals surface area (Å²) in [4.78, 5) is 9.68. The molecule has 7 heteroatoms. The van der Waals surface area contributed by atoms with Gasteiger partial charge in [0.1, 0.15) is 24.0 Å². The predicted molar refractivity (Wildman–Crippen MR) is 91.7 cm³/mol. The van der Waals surface area contributed by atoms with Crippen LogP contribution in [0.5, 0.6) is 5.75 Å². The zero-order valence-electron chi connectivity index (χ0n) is 14.5. The van der Waals surface area contributed by atoms with E-state index in [1.54, 1.807) is 11.0 Å². The SMILES string of the molecule is CC1(C)CCc2ccc(/C(=N/OC3CCOC3)n3cncn3)cc2O1. The Kier molecular flexibility index (Phi) is 4.17. The van der Waals surface area contributed by atoms with Gasteiger partial charge in [0, 0.05) is 12.0 Å². The highest BCUT2D eigenvalue weighted by atomic mass is 16.7. The van der Waals surface area contributed by atoms with Crippen LogP contribution in [0.15, 0.2) is 36.0 Å². The summed E-state index contributed by atoms with van der Waals surface area (Å²) in [7, 11) is 0. The molecule has 0 bridgehead atoms. The molecule has 2 aliphatic heterocycles. The molecule has 1 aromatic carbocycles. The van der Waals surface area contributed by atoms with Gasteiger partial charge in [0.25, 0.3) is 0 Å². The molecule has 3 heterocycles. The maximum atomic E-state index is 6.14. The Morgan fingerprint density at radius 3 is 3.08 bits per heavy atom. The summed E-state index contributed by atoms with van der Waals surface area (Å²) in [6.45, 7) is 5.49. The van der Waals surface area contributed by atoms with E-state index in [0.717, 1.165) is 30.6 Å². The highest BCUT2D eigenvalue weighted by molar-refractivity contribution is 5.99. The molecule has 1 atom stereocenters. The van der Waals surface area contributed by atoms with Crippen molar-refractivity contribution in [2.24, 2.45) is 5.16 Å². The van der Waals surface area contributed by atoms with Crippen LogP contribution in [0, 0.1) is 0 Å². The normalized spacial score (nSPS) is 22.3.